The Morgan fingerprint density at radius 2 is 1.73 bits per heavy atom. The van der Waals surface area contributed by atoms with Gasteiger partial charge in [-0.3, -0.25) is 0 Å². The number of phenolic OH excluding ortho intramolecular Hbond substituents is 2. The zero-order chi connectivity index (χ0) is 18.1. The van der Waals surface area contributed by atoms with Crippen LogP contribution in [-0.2, 0) is 12.8 Å². The maximum absolute atomic E-state index is 10.6. The predicted molar refractivity (Wildman–Crippen MR) is 109 cm³/mol. The van der Waals surface area contributed by atoms with Crippen LogP contribution in [0.5, 0.6) is 11.5 Å². The van der Waals surface area contributed by atoms with Gasteiger partial charge in [0, 0.05) is 5.33 Å². The molecule has 0 aliphatic heterocycles. The smallest absolute Gasteiger partial charge is 0.119 e. The highest BCUT2D eigenvalue weighted by Gasteiger charge is 2.39. The van der Waals surface area contributed by atoms with E-state index >= 15 is 0 Å². The maximum Gasteiger partial charge on any atom is 0.119 e. The topological polar surface area (TPSA) is 40.5 Å². The van der Waals surface area contributed by atoms with E-state index in [-0.39, 0.29) is 0 Å². The van der Waals surface area contributed by atoms with Crippen LogP contribution in [0.4, 0.5) is 0 Å². The number of benzene rings is 2. The third-order valence-corrected chi connectivity index (χ3v) is 6.98. The summed E-state index contributed by atoms with van der Waals surface area (Å²) in [4.78, 5) is 0. The molecule has 3 heteroatoms. The van der Waals surface area contributed by atoms with Crippen LogP contribution < -0.4 is 0 Å². The molecule has 138 valence electrons. The summed E-state index contributed by atoms with van der Waals surface area (Å²) in [6.07, 6.45) is 8.09. The molecule has 0 aromatic heterocycles. The summed E-state index contributed by atoms with van der Waals surface area (Å²) < 4.78 is 0. The van der Waals surface area contributed by atoms with Gasteiger partial charge in [0.05, 0.1) is 0 Å². The molecule has 3 atom stereocenters. The van der Waals surface area contributed by atoms with Crippen molar-refractivity contribution >= 4 is 15.9 Å². The van der Waals surface area contributed by atoms with Crippen molar-refractivity contribution in [1.82, 2.24) is 0 Å². The second-order valence-electron chi connectivity index (χ2n) is 7.93. The van der Waals surface area contributed by atoms with Crippen LogP contribution in [0.3, 0.4) is 0 Å². The van der Waals surface area contributed by atoms with Crippen molar-refractivity contribution in [1.29, 1.82) is 0 Å². The fraction of sp³-hybridized carbons (Fsp3) is 0.478. The number of fused-ring (bicyclic) bond motifs is 3. The van der Waals surface area contributed by atoms with Gasteiger partial charge >= 0.3 is 0 Å². The Hall–Kier alpha value is -1.48. The lowest BCUT2D eigenvalue weighted by Crippen LogP contribution is -2.31. The van der Waals surface area contributed by atoms with E-state index in [0.717, 1.165) is 30.2 Å². The van der Waals surface area contributed by atoms with Crippen molar-refractivity contribution in [3.05, 3.63) is 58.7 Å². The molecule has 2 aromatic carbocycles. The molecule has 0 heterocycles. The summed E-state index contributed by atoms with van der Waals surface area (Å²) in [7, 11) is 0. The van der Waals surface area contributed by atoms with Gasteiger partial charge in [0.1, 0.15) is 11.5 Å². The second kappa shape index (κ2) is 7.64. The van der Waals surface area contributed by atoms with Crippen molar-refractivity contribution in [3.63, 3.8) is 0 Å². The molecule has 26 heavy (non-hydrogen) atoms. The summed E-state index contributed by atoms with van der Waals surface area (Å²) >= 11 is 3.50. The number of alkyl halides is 1. The van der Waals surface area contributed by atoms with E-state index in [4.69, 9.17) is 0 Å². The molecule has 0 radical (unpaired) electrons. The minimum atomic E-state index is 0.340. The van der Waals surface area contributed by atoms with Crippen molar-refractivity contribution in [2.24, 2.45) is 5.92 Å². The Balaban J connectivity index is 1.73. The molecule has 2 aromatic rings. The van der Waals surface area contributed by atoms with Gasteiger partial charge in [-0.25, -0.2) is 0 Å². The number of hydrogen-bond acceptors (Lipinski definition) is 2. The summed E-state index contributed by atoms with van der Waals surface area (Å²) in [6, 6.07) is 12.2. The molecule has 0 saturated heterocycles. The summed E-state index contributed by atoms with van der Waals surface area (Å²) in [5.41, 5.74) is 5.25. The van der Waals surface area contributed by atoms with E-state index < -0.39 is 0 Å². The van der Waals surface area contributed by atoms with Crippen molar-refractivity contribution in [2.45, 2.75) is 56.8 Å². The van der Waals surface area contributed by atoms with Crippen molar-refractivity contribution in [2.75, 3.05) is 5.33 Å². The first kappa shape index (κ1) is 17.9. The molecule has 1 fully saturated rings. The SMILES string of the molecule is Oc1ccc(C2Cc3cc(CCCBr)c(O)cc3C3CCCCC23)cc1. The van der Waals surface area contributed by atoms with Gasteiger partial charge < -0.3 is 10.2 Å². The standard InChI is InChI=1S/C23H27BrO2/c24-11-3-4-16-12-17-13-21(15-7-9-18(25)10-8-15)19-5-1-2-6-20(19)22(17)14-23(16)26/h7-10,12,14,19-21,25-26H,1-6,11,13H2. The maximum atomic E-state index is 10.6. The van der Waals surface area contributed by atoms with Crippen LogP contribution in [0.15, 0.2) is 36.4 Å². The third kappa shape index (κ3) is 3.38. The first-order chi connectivity index (χ1) is 12.7. The van der Waals surface area contributed by atoms with E-state index in [2.05, 4.69) is 40.2 Å². The molecule has 2 aliphatic carbocycles. The number of halogens is 1. The molecule has 3 unspecified atom stereocenters. The average molecular weight is 415 g/mol. The fourth-order valence-electron chi connectivity index (χ4n) is 5.18. The van der Waals surface area contributed by atoms with Gasteiger partial charge in [-0.1, -0.05) is 47.0 Å². The number of rotatable bonds is 4. The summed E-state index contributed by atoms with van der Waals surface area (Å²) in [5.74, 6) is 2.54. The minimum absolute atomic E-state index is 0.340. The first-order valence-corrected chi connectivity index (χ1v) is 11.0. The predicted octanol–water partition coefficient (Wildman–Crippen LogP) is 6.04. The Morgan fingerprint density at radius 3 is 2.50 bits per heavy atom. The lowest BCUT2D eigenvalue weighted by Gasteiger charge is -2.43. The monoisotopic (exact) mass is 414 g/mol. The van der Waals surface area contributed by atoms with Crippen LogP contribution in [-0.4, -0.2) is 15.5 Å². The molecular weight excluding hydrogens is 388 g/mol. The highest BCUT2D eigenvalue weighted by Crippen LogP contribution is 2.52. The molecule has 2 aliphatic rings. The Bertz CT molecular complexity index is 769. The highest BCUT2D eigenvalue weighted by molar-refractivity contribution is 9.09. The molecule has 0 spiro atoms. The van der Waals surface area contributed by atoms with Crippen LogP contribution >= 0.6 is 15.9 Å². The zero-order valence-electron chi connectivity index (χ0n) is 15.1. The Labute approximate surface area is 164 Å². The highest BCUT2D eigenvalue weighted by atomic mass is 79.9. The van der Waals surface area contributed by atoms with Gasteiger partial charge in [-0.05, 0) is 90.3 Å². The Kier molecular flexibility index (Phi) is 5.26. The summed E-state index contributed by atoms with van der Waals surface area (Å²) in [6.45, 7) is 0. The van der Waals surface area contributed by atoms with E-state index in [1.165, 1.54) is 42.4 Å². The Morgan fingerprint density at radius 1 is 0.962 bits per heavy atom. The van der Waals surface area contributed by atoms with E-state index in [9.17, 15) is 10.2 Å². The minimum Gasteiger partial charge on any atom is -0.508 e. The van der Waals surface area contributed by atoms with Crippen molar-refractivity contribution in [3.8, 4) is 11.5 Å². The number of phenols is 2. The summed E-state index contributed by atoms with van der Waals surface area (Å²) in [5, 5.41) is 21.2. The number of hydrogen-bond donors (Lipinski definition) is 2. The average Bonchev–Trinajstić information content (AvgIpc) is 2.67. The van der Waals surface area contributed by atoms with Gasteiger partial charge in [-0.15, -0.1) is 0 Å². The van der Waals surface area contributed by atoms with Crippen LogP contribution in [0.25, 0.3) is 0 Å². The molecule has 4 rings (SSSR count). The quantitative estimate of drug-likeness (QED) is 0.598. The third-order valence-electron chi connectivity index (χ3n) is 6.42. The van der Waals surface area contributed by atoms with Crippen LogP contribution in [0, 0.1) is 5.92 Å². The zero-order valence-corrected chi connectivity index (χ0v) is 16.7. The molecule has 0 amide bonds. The van der Waals surface area contributed by atoms with E-state index in [1.54, 1.807) is 0 Å². The molecule has 0 bridgehead atoms. The second-order valence-corrected chi connectivity index (χ2v) is 8.72. The molecule has 1 saturated carbocycles. The van der Waals surface area contributed by atoms with Gasteiger partial charge in [0.2, 0.25) is 0 Å². The van der Waals surface area contributed by atoms with Crippen LogP contribution in [0.2, 0.25) is 0 Å². The first-order valence-electron chi connectivity index (χ1n) is 9.87. The number of aromatic hydroxyl groups is 2. The van der Waals surface area contributed by atoms with Gasteiger partial charge in [-0.2, -0.15) is 0 Å². The lowest BCUT2D eigenvalue weighted by atomic mass is 9.61. The largest absolute Gasteiger partial charge is 0.508 e. The lowest BCUT2D eigenvalue weighted by molar-refractivity contribution is 0.242. The van der Waals surface area contributed by atoms with E-state index in [0.29, 0.717) is 29.3 Å². The molecular formula is C23H27BrO2. The fourth-order valence-corrected chi connectivity index (χ4v) is 5.46. The van der Waals surface area contributed by atoms with Gasteiger partial charge in [0.15, 0.2) is 0 Å². The van der Waals surface area contributed by atoms with Gasteiger partial charge in [0.25, 0.3) is 0 Å². The molecule has 2 N–H and O–H groups in total. The van der Waals surface area contributed by atoms with E-state index in [1.807, 2.05) is 12.1 Å². The van der Waals surface area contributed by atoms with Crippen molar-refractivity contribution < 1.29 is 10.2 Å². The molecule has 2 nitrogen and oxygen atoms in total. The normalized spacial score (nSPS) is 24.7. The van der Waals surface area contributed by atoms with Crippen LogP contribution in [0.1, 0.15) is 66.2 Å². The number of aryl methyl sites for hydroxylation is 1.